The molecule has 0 aromatic heterocycles. The molecule has 1 aromatic rings. The van der Waals surface area contributed by atoms with Crippen molar-refractivity contribution in [2.24, 2.45) is 41.4 Å². The number of carbonyl (C=O) groups is 13. The molecule has 107 heavy (non-hydrogen) atoms. The Hall–Kier alpha value is -7.40. The number of aliphatic hydroxyl groups is 2. The van der Waals surface area contributed by atoms with E-state index in [1.165, 1.54) is 129 Å². The maximum absolute atomic E-state index is 15.6. The first-order valence-corrected chi connectivity index (χ1v) is 39.6. The number of amides is 12. The van der Waals surface area contributed by atoms with E-state index in [2.05, 4.69) is 26.6 Å². The van der Waals surface area contributed by atoms with Gasteiger partial charge in [0.1, 0.15) is 66.5 Å². The molecule has 0 unspecified atom stereocenters. The van der Waals surface area contributed by atoms with Gasteiger partial charge >= 0.3 is 5.97 Å². The monoisotopic (exact) mass is 1530 g/mol. The zero-order valence-corrected chi connectivity index (χ0v) is 69.3. The maximum Gasteiger partial charge on any atom is 0.335 e. The minimum atomic E-state index is -1.72. The number of hydrogen-bond donors (Lipinski definition) is 8. The molecule has 0 aliphatic carbocycles. The van der Waals surface area contributed by atoms with Crippen molar-refractivity contribution in [3.05, 3.63) is 35.4 Å². The van der Waals surface area contributed by atoms with E-state index in [-0.39, 0.29) is 79.3 Å². The molecule has 29 heteroatoms. The van der Waals surface area contributed by atoms with Crippen LogP contribution >= 0.6 is 11.8 Å². The second-order valence-corrected chi connectivity index (χ2v) is 32.8. The number of benzene rings is 1. The second-order valence-electron chi connectivity index (χ2n) is 31.7. The molecule has 0 spiro atoms. The molecule has 2 rings (SSSR count). The zero-order chi connectivity index (χ0) is 81.8. The largest absolute Gasteiger partial charge is 0.478 e. The van der Waals surface area contributed by atoms with Crippen molar-refractivity contribution < 1.29 is 77.6 Å². The van der Waals surface area contributed by atoms with E-state index < -0.39 is 167 Å². The Morgan fingerprint density at radius 1 is 0.486 bits per heavy atom. The van der Waals surface area contributed by atoms with Gasteiger partial charge in [-0.2, -0.15) is 11.8 Å². The highest BCUT2D eigenvalue weighted by molar-refractivity contribution is 7.99. The Labute approximate surface area is 641 Å². The summed E-state index contributed by atoms with van der Waals surface area (Å²) in [4.78, 5) is 199. The first-order valence-electron chi connectivity index (χ1n) is 38.5. The number of likely N-dealkylation sites (N-methyl/N-ethyl adjacent to an activating group) is 7. The summed E-state index contributed by atoms with van der Waals surface area (Å²) < 4.78 is 0. The van der Waals surface area contributed by atoms with Crippen molar-refractivity contribution in [3.8, 4) is 0 Å². The van der Waals surface area contributed by atoms with Crippen molar-refractivity contribution in [2.45, 2.75) is 267 Å². The fourth-order valence-corrected chi connectivity index (χ4v) is 14.5. The third kappa shape index (κ3) is 28.8. The molecule has 1 saturated heterocycles. The van der Waals surface area contributed by atoms with Gasteiger partial charge in [0, 0.05) is 73.8 Å². The number of nitrogens with zero attached hydrogens (tertiary/aromatic N) is 7. The molecular weight excluding hydrogens is 1390 g/mol. The number of aromatic carboxylic acids is 1. The number of carboxylic acids is 1. The lowest BCUT2D eigenvalue weighted by Gasteiger charge is -2.41. The SMILES string of the molecule is CC[C@@H]1NC(=O)[C@H]([C@H](O)[C@H](C)CCCCCCNC(=O)c2cccc(C(=O)O)c2)N(C)C(=O)[C@H](C(C)C)N(C)C(=O)[C@H](CC(C)C)N(C)C(=O)[C@H](CC(C)C)N(C)C(=O)[C@H](C)NC(=O)[C@@H](C)NC(=O)[C@@H](CCC(C)C)N(C)C(=O)[C@@H](C(C)C)NC(=O)[C@H](CC(C)C)N(C)C(=O)[C@@H](CSCCCCO)N(C)C1=O. The van der Waals surface area contributed by atoms with Crippen LogP contribution in [0.1, 0.15) is 215 Å². The number of unbranched alkanes of at least 4 members (excludes halogenated alkanes) is 4. The van der Waals surface area contributed by atoms with Crippen LogP contribution in [0.15, 0.2) is 24.3 Å². The molecule has 13 atom stereocenters. The van der Waals surface area contributed by atoms with E-state index in [9.17, 15) is 44.1 Å². The third-order valence-corrected chi connectivity index (χ3v) is 21.3. The minimum Gasteiger partial charge on any atom is -0.478 e. The van der Waals surface area contributed by atoms with Crippen LogP contribution in [-0.2, 0) is 52.7 Å². The Kier molecular flexibility index (Phi) is 41.3. The van der Waals surface area contributed by atoms with E-state index in [1.54, 1.807) is 41.5 Å². The highest BCUT2D eigenvalue weighted by atomic mass is 32.2. The fourth-order valence-electron chi connectivity index (χ4n) is 13.3. The van der Waals surface area contributed by atoms with E-state index >= 15 is 33.6 Å². The van der Waals surface area contributed by atoms with Gasteiger partial charge in [-0.1, -0.05) is 122 Å². The quantitative estimate of drug-likeness (QED) is 0.0449. The molecule has 1 aromatic carbocycles. The molecule has 608 valence electrons. The minimum absolute atomic E-state index is 0.000550. The molecule has 1 fully saturated rings. The summed E-state index contributed by atoms with van der Waals surface area (Å²) >= 11 is 1.34. The van der Waals surface area contributed by atoms with Crippen molar-refractivity contribution in [2.75, 3.05) is 74.0 Å². The second kappa shape index (κ2) is 46.2. The van der Waals surface area contributed by atoms with Crippen molar-refractivity contribution >= 4 is 88.6 Å². The number of nitrogens with one attached hydrogen (secondary N) is 5. The first kappa shape index (κ1) is 95.7. The molecule has 8 N–H and O–H groups in total. The normalized spacial score (nSPS) is 24.3. The standard InChI is InChI=1S/C78H134N12O16S/c1-24-56-72(99)88(21)61(44-107-39-30-29-38-91)75(102)85(18)58(40-46(4)5)69(96)83-62(49(10)11)76(103)84(17)57(36-35-45(2)3)68(95)80-52(15)66(93)81-53(16)71(98)86(19)59(41-47(6)7)73(100)87(20)60(42-48(8)9)74(101)89(22)63(50(12)13)77(104)90(23)64(70(97)82-56)65(92)51(14)32-27-25-26-28-37-79-67(94)54-33-31-34-55(43-54)78(105)106/h31,33-34,43,45-53,56-65,91-92H,24-30,32,35-42,44H2,1-23H3,(H,79,94)(H,80,95)(H,81,93)(H,82,97)(H,83,96)(H,105,106)/t51-,52-,53+,56+,57-,58+,59+,60+,61-,62-,63+,64+,65-/m1/s1. The maximum atomic E-state index is 15.6. The molecule has 28 nitrogen and oxygen atoms in total. The van der Waals surface area contributed by atoms with Gasteiger partial charge in [-0.05, 0) is 143 Å². The Morgan fingerprint density at radius 3 is 1.50 bits per heavy atom. The summed E-state index contributed by atoms with van der Waals surface area (Å²) in [5, 5.41) is 45.7. The van der Waals surface area contributed by atoms with Gasteiger partial charge in [-0.15, -0.1) is 0 Å². The van der Waals surface area contributed by atoms with Gasteiger partial charge in [0.05, 0.1) is 11.7 Å². The lowest BCUT2D eigenvalue weighted by Crippen LogP contribution is -2.64. The van der Waals surface area contributed by atoms with Crippen LogP contribution in [-0.4, -0.2) is 273 Å². The zero-order valence-electron chi connectivity index (χ0n) is 68.5. The topological polar surface area (TPSA) is 365 Å². The third-order valence-electron chi connectivity index (χ3n) is 20.2. The number of carbonyl (C=O) groups excluding carboxylic acids is 12. The summed E-state index contributed by atoms with van der Waals surface area (Å²) in [6, 6.07) is -8.60. The number of thioether (sulfide) groups is 1. The van der Waals surface area contributed by atoms with Crippen LogP contribution in [0, 0.1) is 41.4 Å². The van der Waals surface area contributed by atoms with Crippen LogP contribution in [0.5, 0.6) is 0 Å². The van der Waals surface area contributed by atoms with E-state index in [0.29, 0.717) is 63.7 Å². The van der Waals surface area contributed by atoms with Gasteiger partial charge < -0.3 is 76.2 Å². The van der Waals surface area contributed by atoms with E-state index in [4.69, 9.17) is 0 Å². The molecule has 12 amide bonds. The Morgan fingerprint density at radius 2 is 0.972 bits per heavy atom. The average Bonchev–Trinajstić information content (AvgIpc) is 0.808. The fraction of sp³-hybridized carbons (Fsp3) is 0.756. The van der Waals surface area contributed by atoms with Crippen molar-refractivity contribution in [1.82, 2.24) is 60.9 Å². The molecule has 0 radical (unpaired) electrons. The van der Waals surface area contributed by atoms with Crippen LogP contribution in [0.4, 0.5) is 0 Å². The van der Waals surface area contributed by atoms with E-state index in [0.717, 1.165) is 4.90 Å². The smallest absolute Gasteiger partial charge is 0.335 e. The Bertz CT molecular complexity index is 3120. The number of hydrogen-bond acceptors (Lipinski definition) is 16. The van der Waals surface area contributed by atoms with Gasteiger partial charge in [0.15, 0.2) is 0 Å². The molecular formula is C78H134N12O16S. The highest BCUT2D eigenvalue weighted by Gasteiger charge is 2.47. The molecule has 0 saturated carbocycles. The van der Waals surface area contributed by atoms with Crippen LogP contribution in [0.2, 0.25) is 0 Å². The molecule has 1 aliphatic rings. The Balaban J connectivity index is 3.04. The number of aliphatic hydroxyl groups excluding tert-OH is 2. The van der Waals surface area contributed by atoms with Crippen LogP contribution in [0.25, 0.3) is 0 Å². The molecule has 0 bridgehead atoms. The number of carboxylic acid groups (broad SMARTS) is 1. The predicted octanol–water partition coefficient (Wildman–Crippen LogP) is 5.65. The summed E-state index contributed by atoms with van der Waals surface area (Å²) in [5.74, 6) is -11.4. The summed E-state index contributed by atoms with van der Waals surface area (Å²) in [6.07, 6.45) is 3.00. The van der Waals surface area contributed by atoms with Gasteiger partial charge in [-0.25, -0.2) is 4.79 Å². The van der Waals surface area contributed by atoms with Gasteiger partial charge in [0.2, 0.25) is 65.0 Å². The number of rotatable bonds is 29. The summed E-state index contributed by atoms with van der Waals surface area (Å²) in [7, 11) is 9.93. The van der Waals surface area contributed by atoms with Crippen molar-refractivity contribution in [1.29, 1.82) is 0 Å². The van der Waals surface area contributed by atoms with Crippen molar-refractivity contribution in [3.63, 3.8) is 0 Å². The summed E-state index contributed by atoms with van der Waals surface area (Å²) in [6.45, 7) is 28.4. The highest BCUT2D eigenvalue weighted by Crippen LogP contribution is 2.27. The van der Waals surface area contributed by atoms with Gasteiger partial charge in [-0.3, -0.25) is 57.5 Å². The van der Waals surface area contributed by atoms with Crippen LogP contribution in [0.3, 0.4) is 0 Å². The average molecular weight is 1530 g/mol. The lowest BCUT2D eigenvalue weighted by atomic mass is 9.90. The molecule has 1 heterocycles. The summed E-state index contributed by atoms with van der Waals surface area (Å²) in [5.41, 5.74) is 0.178. The van der Waals surface area contributed by atoms with Crippen LogP contribution < -0.4 is 26.6 Å². The molecule has 1 aliphatic heterocycles. The van der Waals surface area contributed by atoms with E-state index in [1.807, 2.05) is 55.4 Å². The predicted molar refractivity (Wildman–Crippen MR) is 415 cm³/mol. The van der Waals surface area contributed by atoms with Gasteiger partial charge in [0.25, 0.3) is 5.91 Å². The first-order chi connectivity index (χ1) is 49.9. The lowest BCUT2D eigenvalue weighted by molar-refractivity contribution is -0.157.